The molecule has 4 aliphatic rings. The van der Waals surface area contributed by atoms with Gasteiger partial charge in [0.05, 0.1) is 11.0 Å². The Morgan fingerprint density at radius 1 is 0.306 bits per heavy atom. The van der Waals surface area contributed by atoms with Crippen molar-refractivity contribution < 1.29 is 0 Å². The van der Waals surface area contributed by atoms with Crippen LogP contribution in [0, 0.1) is 27.7 Å². The van der Waals surface area contributed by atoms with Crippen LogP contribution in [0.1, 0.15) is 22.3 Å². The highest BCUT2D eigenvalue weighted by Gasteiger charge is 2.47. The predicted molar refractivity (Wildman–Crippen MR) is 306 cm³/mol. The Hall–Kier alpha value is -8.73. The molecule has 0 bridgehead atoms. The van der Waals surface area contributed by atoms with Gasteiger partial charge in [0.2, 0.25) is 0 Å². The average Bonchev–Trinajstić information content (AvgIpc) is 3.93. The standard InChI is InChI=1S/C66H46B2N4/c1-39-19-15-20-40(2)59(39)43-35-51-47-27-17-29-49-63(47)71(67-53-31-11-13-33-55(53)69(57(37-43)61(51)67)45-23-7-5-8-24-45)66-50-30-18-28-48-52-36-44(60-41(3)21-16-22-42(60)4)38-58-62(52)68(72(64(48)50)65(49)66)54-32-12-14-34-56(54)70(58)46-25-9-6-10-26-46/h5-38H,1-4H3. The first kappa shape index (κ1) is 40.0. The number of fused-ring (bicyclic) bond motifs is 13. The van der Waals surface area contributed by atoms with Crippen LogP contribution in [0.15, 0.2) is 206 Å². The lowest BCUT2D eigenvalue weighted by Gasteiger charge is -2.41. The summed E-state index contributed by atoms with van der Waals surface area (Å²) in [7, 11) is 0. The number of anilines is 6. The Morgan fingerprint density at radius 2 is 0.681 bits per heavy atom. The molecule has 2 aromatic heterocycles. The smallest absolute Gasteiger partial charge is 0.333 e. The van der Waals surface area contributed by atoms with Gasteiger partial charge in [-0.2, -0.15) is 0 Å². The zero-order valence-corrected chi connectivity index (χ0v) is 40.6. The molecule has 72 heavy (non-hydrogen) atoms. The van der Waals surface area contributed by atoms with Gasteiger partial charge < -0.3 is 18.8 Å². The number of para-hydroxylation sites is 6. The van der Waals surface area contributed by atoms with Crippen LogP contribution >= 0.6 is 0 Å². The minimum Gasteiger partial charge on any atom is -0.374 e. The summed E-state index contributed by atoms with van der Waals surface area (Å²) >= 11 is 0. The molecule has 6 heteroatoms. The van der Waals surface area contributed by atoms with E-state index < -0.39 is 0 Å². The lowest BCUT2D eigenvalue weighted by molar-refractivity contribution is 1.25. The summed E-state index contributed by atoms with van der Waals surface area (Å²) in [5.74, 6) is 0. The Balaban J connectivity index is 1.06. The maximum Gasteiger partial charge on any atom is 0.333 e. The Bertz CT molecular complexity index is 4030. The van der Waals surface area contributed by atoms with Crippen molar-refractivity contribution in [3.63, 3.8) is 0 Å². The molecule has 0 atom stereocenters. The summed E-state index contributed by atoms with van der Waals surface area (Å²) in [5, 5.41) is 2.58. The van der Waals surface area contributed by atoms with Crippen LogP contribution in [-0.2, 0) is 0 Å². The van der Waals surface area contributed by atoms with Crippen LogP contribution in [0.5, 0.6) is 0 Å². The zero-order valence-electron chi connectivity index (χ0n) is 40.6. The number of rotatable bonds is 4. The van der Waals surface area contributed by atoms with Gasteiger partial charge in [0.25, 0.3) is 0 Å². The summed E-state index contributed by atoms with van der Waals surface area (Å²) in [6.45, 7) is 8.87. The number of hydrogen-bond acceptors (Lipinski definition) is 2. The Labute approximate surface area is 419 Å². The van der Waals surface area contributed by atoms with Gasteiger partial charge in [-0.1, -0.05) is 146 Å². The third-order valence-corrected chi connectivity index (χ3v) is 16.7. The molecule has 10 aromatic carbocycles. The van der Waals surface area contributed by atoms with Gasteiger partial charge >= 0.3 is 13.7 Å². The van der Waals surface area contributed by atoms with Gasteiger partial charge in [-0.15, -0.1) is 0 Å². The van der Waals surface area contributed by atoms with E-state index in [1.165, 1.54) is 144 Å². The molecular weight excluding hydrogens is 870 g/mol. The number of nitrogens with zero attached hydrogens (tertiary/aromatic N) is 4. The van der Waals surface area contributed by atoms with E-state index in [2.05, 4.69) is 253 Å². The molecule has 16 rings (SSSR count). The van der Waals surface area contributed by atoms with E-state index in [9.17, 15) is 0 Å². The Morgan fingerprint density at radius 3 is 1.10 bits per heavy atom. The quantitative estimate of drug-likeness (QED) is 0.164. The molecule has 0 spiro atoms. The first-order valence-corrected chi connectivity index (χ1v) is 25.4. The molecule has 6 heterocycles. The molecule has 0 saturated heterocycles. The van der Waals surface area contributed by atoms with Gasteiger partial charge in [0, 0.05) is 67.1 Å². The number of aromatic nitrogens is 2. The van der Waals surface area contributed by atoms with E-state index in [1.54, 1.807) is 0 Å². The number of hydrogen-bond donors (Lipinski definition) is 0. The van der Waals surface area contributed by atoms with Crippen molar-refractivity contribution in [2.45, 2.75) is 27.7 Å². The van der Waals surface area contributed by atoms with Gasteiger partial charge in [0.1, 0.15) is 0 Å². The van der Waals surface area contributed by atoms with Crippen LogP contribution < -0.4 is 31.7 Å². The highest BCUT2D eigenvalue weighted by molar-refractivity contribution is 6.92. The van der Waals surface area contributed by atoms with Crippen molar-refractivity contribution in [3.05, 3.63) is 229 Å². The normalized spacial score (nSPS) is 13.4. The van der Waals surface area contributed by atoms with E-state index >= 15 is 0 Å². The molecule has 0 aliphatic carbocycles. The van der Waals surface area contributed by atoms with Crippen molar-refractivity contribution in [2.24, 2.45) is 0 Å². The largest absolute Gasteiger partial charge is 0.374 e. The molecule has 0 unspecified atom stereocenters. The SMILES string of the molecule is Cc1cccc(C)c1-c1cc2c3c(c1)N(c1ccccc1)c1ccccc1B3n1c3c-2cccc3c2c1c1cccc3c1n2B1c2ccccc2N(c2ccccc2)c2cc(-c4c(C)cccc4C)cc-3c21. The fourth-order valence-electron chi connectivity index (χ4n) is 14.1. The van der Waals surface area contributed by atoms with E-state index in [4.69, 9.17) is 0 Å². The fraction of sp³-hybridized carbons (Fsp3) is 0.0606. The molecule has 336 valence electrons. The number of benzene rings is 10. The van der Waals surface area contributed by atoms with Crippen molar-refractivity contribution in [1.82, 2.24) is 8.96 Å². The summed E-state index contributed by atoms with van der Waals surface area (Å²) in [6, 6.07) is 78.1. The van der Waals surface area contributed by atoms with E-state index in [0.717, 1.165) is 11.4 Å². The van der Waals surface area contributed by atoms with Crippen LogP contribution in [0.4, 0.5) is 34.1 Å². The average molecular weight is 917 g/mol. The van der Waals surface area contributed by atoms with Crippen LogP contribution in [0.25, 0.3) is 77.3 Å². The molecule has 0 fully saturated rings. The maximum absolute atomic E-state index is 2.78. The molecule has 0 radical (unpaired) electrons. The summed E-state index contributed by atoms with van der Waals surface area (Å²) in [4.78, 5) is 5.07. The molecule has 0 N–H and O–H groups in total. The molecule has 4 aliphatic heterocycles. The molecule has 0 amide bonds. The second-order valence-corrected chi connectivity index (χ2v) is 20.6. The van der Waals surface area contributed by atoms with E-state index in [1.807, 2.05) is 0 Å². The zero-order chi connectivity index (χ0) is 47.7. The molecule has 0 saturated carbocycles. The molecule has 12 aromatic rings. The van der Waals surface area contributed by atoms with Crippen molar-refractivity contribution in [1.29, 1.82) is 0 Å². The van der Waals surface area contributed by atoms with Gasteiger partial charge in [0.15, 0.2) is 0 Å². The lowest BCUT2D eigenvalue weighted by atomic mass is 9.45. The summed E-state index contributed by atoms with van der Waals surface area (Å²) in [6.07, 6.45) is 0. The lowest BCUT2D eigenvalue weighted by Crippen LogP contribution is -2.56. The predicted octanol–water partition coefficient (Wildman–Crippen LogP) is 14.2. The van der Waals surface area contributed by atoms with Gasteiger partial charge in [-0.05, 0) is 166 Å². The first-order valence-electron chi connectivity index (χ1n) is 25.4. The molecular formula is C66H46B2N4. The highest BCUT2D eigenvalue weighted by atomic mass is 15.2. The van der Waals surface area contributed by atoms with Gasteiger partial charge in [-0.25, -0.2) is 0 Å². The molecule has 4 nitrogen and oxygen atoms in total. The monoisotopic (exact) mass is 916 g/mol. The van der Waals surface area contributed by atoms with Crippen LogP contribution in [0.2, 0.25) is 0 Å². The summed E-state index contributed by atoms with van der Waals surface area (Å²) in [5.41, 5.74) is 33.2. The van der Waals surface area contributed by atoms with Crippen molar-refractivity contribution in [2.75, 3.05) is 9.80 Å². The highest BCUT2D eigenvalue weighted by Crippen LogP contribution is 2.52. The van der Waals surface area contributed by atoms with Crippen LogP contribution in [0.3, 0.4) is 0 Å². The minimum absolute atomic E-state index is 0.0858. The minimum atomic E-state index is -0.0858. The second-order valence-electron chi connectivity index (χ2n) is 20.6. The van der Waals surface area contributed by atoms with Crippen molar-refractivity contribution in [3.8, 4) is 44.5 Å². The fourth-order valence-corrected chi connectivity index (χ4v) is 14.1. The van der Waals surface area contributed by atoms with E-state index in [-0.39, 0.29) is 13.7 Å². The maximum atomic E-state index is 2.78. The third kappa shape index (κ3) is 5.08. The second kappa shape index (κ2) is 14.4. The first-order chi connectivity index (χ1) is 35.4. The van der Waals surface area contributed by atoms with Gasteiger partial charge in [-0.3, -0.25) is 0 Å². The number of aryl methyl sites for hydroxylation is 4. The Kier molecular flexibility index (Phi) is 8.03. The summed E-state index contributed by atoms with van der Waals surface area (Å²) < 4.78 is 5.55. The van der Waals surface area contributed by atoms with Crippen LogP contribution in [-0.4, -0.2) is 22.7 Å². The third-order valence-electron chi connectivity index (χ3n) is 16.7. The van der Waals surface area contributed by atoms with Crippen molar-refractivity contribution >= 4 is 103 Å². The van der Waals surface area contributed by atoms with E-state index in [0.29, 0.717) is 0 Å². The topological polar surface area (TPSA) is 16.3 Å².